The second-order valence-electron chi connectivity index (χ2n) is 3.79. The van der Waals surface area contributed by atoms with Gasteiger partial charge in [0.05, 0.1) is 11.9 Å². The van der Waals surface area contributed by atoms with Gasteiger partial charge in [0.2, 0.25) is 0 Å². The van der Waals surface area contributed by atoms with Crippen LogP contribution in [-0.4, -0.2) is 15.6 Å². The SMILES string of the molecule is Cn1c(CC(=O)O)cc(=O)c2ccc(F)cc21. The first-order chi connectivity index (χ1) is 7.99. The van der Waals surface area contributed by atoms with Gasteiger partial charge in [-0.2, -0.15) is 0 Å². The van der Waals surface area contributed by atoms with Gasteiger partial charge >= 0.3 is 5.97 Å². The number of nitrogens with zero attached hydrogens (tertiary/aromatic N) is 1. The van der Waals surface area contributed by atoms with Gasteiger partial charge in [-0.25, -0.2) is 4.39 Å². The molecule has 0 aliphatic rings. The monoisotopic (exact) mass is 235 g/mol. The molecule has 0 fully saturated rings. The van der Waals surface area contributed by atoms with Crippen LogP contribution in [0.5, 0.6) is 0 Å². The zero-order valence-corrected chi connectivity index (χ0v) is 9.11. The summed E-state index contributed by atoms with van der Waals surface area (Å²) in [6, 6.07) is 5.11. The average Bonchev–Trinajstić information content (AvgIpc) is 2.24. The molecular weight excluding hydrogens is 225 g/mol. The third kappa shape index (κ3) is 2.04. The highest BCUT2D eigenvalue weighted by atomic mass is 19.1. The van der Waals surface area contributed by atoms with Crippen molar-refractivity contribution in [1.29, 1.82) is 0 Å². The van der Waals surface area contributed by atoms with Gasteiger partial charge in [0.1, 0.15) is 5.82 Å². The molecule has 2 rings (SSSR count). The molecule has 0 aliphatic carbocycles. The van der Waals surface area contributed by atoms with Crippen molar-refractivity contribution in [2.45, 2.75) is 6.42 Å². The fourth-order valence-electron chi connectivity index (χ4n) is 1.80. The van der Waals surface area contributed by atoms with Gasteiger partial charge in [-0.05, 0) is 18.2 Å². The number of aromatic nitrogens is 1. The zero-order valence-electron chi connectivity index (χ0n) is 9.11. The molecule has 88 valence electrons. The lowest BCUT2D eigenvalue weighted by Crippen LogP contribution is -2.15. The Balaban J connectivity index is 2.78. The van der Waals surface area contributed by atoms with Crippen LogP contribution in [-0.2, 0) is 18.3 Å². The van der Waals surface area contributed by atoms with E-state index < -0.39 is 11.8 Å². The number of hydrogen-bond acceptors (Lipinski definition) is 2. The van der Waals surface area contributed by atoms with Crippen LogP contribution in [0.25, 0.3) is 10.9 Å². The number of pyridine rings is 1. The van der Waals surface area contributed by atoms with Gasteiger partial charge in [0, 0.05) is 24.2 Å². The average molecular weight is 235 g/mol. The molecule has 0 aliphatic heterocycles. The quantitative estimate of drug-likeness (QED) is 0.853. The predicted molar refractivity (Wildman–Crippen MR) is 60.5 cm³/mol. The van der Waals surface area contributed by atoms with Crippen molar-refractivity contribution in [3.05, 3.63) is 46.0 Å². The number of halogens is 1. The van der Waals surface area contributed by atoms with E-state index >= 15 is 0 Å². The Morgan fingerprint density at radius 3 is 2.76 bits per heavy atom. The van der Waals surface area contributed by atoms with E-state index in [1.807, 2.05) is 0 Å². The molecule has 0 saturated carbocycles. The maximum atomic E-state index is 13.1. The van der Waals surface area contributed by atoms with E-state index in [-0.39, 0.29) is 11.8 Å². The summed E-state index contributed by atoms with van der Waals surface area (Å²) >= 11 is 0. The standard InChI is InChI=1S/C12H10FNO3/c1-14-8(6-12(16)17)5-11(15)9-3-2-7(13)4-10(9)14/h2-5H,6H2,1H3,(H,16,17). The molecule has 0 radical (unpaired) electrons. The second-order valence-corrected chi connectivity index (χ2v) is 3.79. The normalized spacial score (nSPS) is 10.7. The highest BCUT2D eigenvalue weighted by Crippen LogP contribution is 2.13. The molecule has 5 heteroatoms. The molecule has 0 spiro atoms. The molecule has 1 aromatic carbocycles. The van der Waals surface area contributed by atoms with Crippen LogP contribution in [0.3, 0.4) is 0 Å². The maximum Gasteiger partial charge on any atom is 0.309 e. The van der Waals surface area contributed by atoms with Gasteiger partial charge in [-0.3, -0.25) is 9.59 Å². The Morgan fingerprint density at radius 1 is 1.41 bits per heavy atom. The molecule has 1 N–H and O–H groups in total. The largest absolute Gasteiger partial charge is 0.481 e. The third-order valence-electron chi connectivity index (χ3n) is 2.65. The molecule has 2 aromatic rings. The molecule has 1 aromatic heterocycles. The molecule has 17 heavy (non-hydrogen) atoms. The van der Waals surface area contributed by atoms with Crippen molar-refractivity contribution in [3.8, 4) is 0 Å². The van der Waals surface area contributed by atoms with Gasteiger partial charge in [0.15, 0.2) is 5.43 Å². The van der Waals surface area contributed by atoms with E-state index in [0.29, 0.717) is 16.6 Å². The summed E-state index contributed by atoms with van der Waals surface area (Å²) in [6.07, 6.45) is -0.266. The fourth-order valence-corrected chi connectivity index (χ4v) is 1.80. The minimum Gasteiger partial charge on any atom is -0.481 e. The first kappa shape index (κ1) is 11.3. The van der Waals surface area contributed by atoms with E-state index in [4.69, 9.17) is 5.11 Å². The molecular formula is C12H10FNO3. The Morgan fingerprint density at radius 2 is 2.12 bits per heavy atom. The van der Waals surface area contributed by atoms with Gasteiger partial charge < -0.3 is 9.67 Å². The summed E-state index contributed by atoms with van der Waals surface area (Å²) in [5.41, 5.74) is 0.448. The van der Waals surface area contributed by atoms with Gasteiger partial charge in [0.25, 0.3) is 0 Å². The van der Waals surface area contributed by atoms with E-state index in [9.17, 15) is 14.0 Å². The number of hydrogen-bond donors (Lipinski definition) is 1. The van der Waals surface area contributed by atoms with Crippen LogP contribution in [0.1, 0.15) is 5.69 Å². The Hall–Kier alpha value is -2.17. The number of rotatable bonds is 2. The summed E-state index contributed by atoms with van der Waals surface area (Å²) < 4.78 is 14.6. The van der Waals surface area contributed by atoms with E-state index in [1.54, 1.807) is 7.05 Å². The Bertz CT molecular complexity index is 661. The second kappa shape index (κ2) is 4.01. The number of carboxylic acids is 1. The number of benzene rings is 1. The van der Waals surface area contributed by atoms with Crippen molar-refractivity contribution in [2.24, 2.45) is 7.05 Å². The third-order valence-corrected chi connectivity index (χ3v) is 2.65. The van der Waals surface area contributed by atoms with Gasteiger partial charge in [-0.15, -0.1) is 0 Å². The Kier molecular flexibility index (Phi) is 2.67. The molecule has 0 atom stereocenters. The number of aliphatic carboxylic acids is 1. The van der Waals surface area contributed by atoms with Crippen LogP contribution in [0.2, 0.25) is 0 Å². The predicted octanol–water partition coefficient (Wildman–Crippen LogP) is 1.30. The number of carbonyl (C=O) groups is 1. The maximum absolute atomic E-state index is 13.1. The van der Waals surface area contributed by atoms with E-state index in [1.165, 1.54) is 28.8 Å². The minimum absolute atomic E-state index is 0.266. The van der Waals surface area contributed by atoms with Crippen LogP contribution < -0.4 is 5.43 Å². The first-order valence-corrected chi connectivity index (χ1v) is 4.99. The molecule has 0 bridgehead atoms. The first-order valence-electron chi connectivity index (χ1n) is 4.99. The van der Waals surface area contributed by atoms with Crippen LogP contribution in [0.15, 0.2) is 29.1 Å². The number of aryl methyl sites for hydroxylation is 1. The van der Waals surface area contributed by atoms with Gasteiger partial charge in [-0.1, -0.05) is 0 Å². The summed E-state index contributed by atoms with van der Waals surface area (Å²) in [4.78, 5) is 22.4. The fraction of sp³-hybridized carbons (Fsp3) is 0.167. The smallest absolute Gasteiger partial charge is 0.309 e. The van der Waals surface area contributed by atoms with Crippen molar-refractivity contribution < 1.29 is 14.3 Å². The van der Waals surface area contributed by atoms with Crippen molar-refractivity contribution in [1.82, 2.24) is 4.57 Å². The van der Waals surface area contributed by atoms with Crippen molar-refractivity contribution in [2.75, 3.05) is 0 Å². The number of carboxylic acid groups (broad SMARTS) is 1. The molecule has 0 amide bonds. The highest BCUT2D eigenvalue weighted by molar-refractivity contribution is 5.80. The van der Waals surface area contributed by atoms with E-state index in [0.717, 1.165) is 0 Å². The minimum atomic E-state index is -1.03. The number of fused-ring (bicyclic) bond motifs is 1. The lowest BCUT2D eigenvalue weighted by Gasteiger charge is -2.10. The van der Waals surface area contributed by atoms with E-state index in [2.05, 4.69) is 0 Å². The van der Waals surface area contributed by atoms with Crippen LogP contribution in [0.4, 0.5) is 4.39 Å². The summed E-state index contributed by atoms with van der Waals surface area (Å²) in [5.74, 6) is -1.49. The zero-order chi connectivity index (χ0) is 12.6. The molecule has 0 saturated heterocycles. The van der Waals surface area contributed by atoms with Crippen molar-refractivity contribution in [3.63, 3.8) is 0 Å². The van der Waals surface area contributed by atoms with Crippen molar-refractivity contribution >= 4 is 16.9 Å². The summed E-state index contributed by atoms with van der Waals surface area (Å²) in [7, 11) is 1.61. The Labute approximate surface area is 95.9 Å². The topological polar surface area (TPSA) is 59.3 Å². The van der Waals surface area contributed by atoms with Crippen LogP contribution in [0, 0.1) is 5.82 Å². The molecule has 0 unspecified atom stereocenters. The summed E-state index contributed by atoms with van der Waals surface area (Å²) in [5, 5.41) is 9.10. The molecule has 1 heterocycles. The molecule has 4 nitrogen and oxygen atoms in total. The lowest BCUT2D eigenvalue weighted by atomic mass is 10.1. The van der Waals surface area contributed by atoms with Crippen LogP contribution >= 0.6 is 0 Å². The summed E-state index contributed by atoms with van der Waals surface area (Å²) in [6.45, 7) is 0. The highest BCUT2D eigenvalue weighted by Gasteiger charge is 2.09. The lowest BCUT2D eigenvalue weighted by molar-refractivity contribution is -0.136.